The maximum Gasteiger partial charge on any atom is 0.0599 e. The second-order valence-electron chi connectivity index (χ2n) is 3.64. The van der Waals surface area contributed by atoms with Crippen molar-refractivity contribution >= 4 is 5.69 Å². The van der Waals surface area contributed by atoms with Crippen molar-refractivity contribution in [3.63, 3.8) is 0 Å². The molecule has 1 rings (SSSR count). The Kier molecular flexibility index (Phi) is 3.92. The number of hydrogen-bond acceptors (Lipinski definition) is 3. The van der Waals surface area contributed by atoms with Crippen LogP contribution in [-0.2, 0) is 0 Å². The molecule has 0 bridgehead atoms. The maximum absolute atomic E-state index is 8.76. The summed E-state index contributed by atoms with van der Waals surface area (Å²) in [6.45, 7) is 4.73. The number of benzene rings is 1. The topological polar surface area (TPSA) is 58.3 Å². The van der Waals surface area contributed by atoms with Gasteiger partial charge < -0.3 is 16.2 Å². The van der Waals surface area contributed by atoms with E-state index in [2.05, 4.69) is 31.3 Å². The van der Waals surface area contributed by atoms with Gasteiger partial charge in [-0.25, -0.2) is 0 Å². The molecular weight excluding hydrogens is 176 g/mol. The molecule has 0 aliphatic carbocycles. The molecule has 0 saturated heterocycles. The maximum atomic E-state index is 8.76. The number of nitrogens with two attached hydrogens (primary N) is 1. The van der Waals surface area contributed by atoms with Crippen LogP contribution in [0.2, 0.25) is 0 Å². The van der Waals surface area contributed by atoms with Gasteiger partial charge >= 0.3 is 0 Å². The summed E-state index contributed by atoms with van der Waals surface area (Å²) < 4.78 is 0. The quantitative estimate of drug-likeness (QED) is 0.671. The Morgan fingerprint density at radius 2 is 2.14 bits per heavy atom. The lowest BCUT2D eigenvalue weighted by Crippen LogP contribution is -2.32. The molecule has 0 saturated carbocycles. The molecule has 0 fully saturated rings. The van der Waals surface area contributed by atoms with Gasteiger partial charge in [-0.3, -0.25) is 0 Å². The van der Waals surface area contributed by atoms with Gasteiger partial charge in [0.25, 0.3) is 0 Å². The first kappa shape index (κ1) is 11.0. The zero-order valence-electron chi connectivity index (χ0n) is 8.75. The van der Waals surface area contributed by atoms with Crippen LogP contribution in [-0.4, -0.2) is 24.3 Å². The first-order valence-electron chi connectivity index (χ1n) is 4.81. The minimum Gasteiger partial charge on any atom is -0.395 e. The van der Waals surface area contributed by atoms with E-state index in [0.717, 1.165) is 5.69 Å². The molecule has 1 unspecified atom stereocenters. The van der Waals surface area contributed by atoms with Gasteiger partial charge in [0.05, 0.1) is 6.61 Å². The highest BCUT2D eigenvalue weighted by molar-refractivity contribution is 5.51. The molecule has 4 N–H and O–H groups in total. The molecule has 0 spiro atoms. The molecule has 0 amide bonds. The largest absolute Gasteiger partial charge is 0.395 e. The Hall–Kier alpha value is -1.06. The van der Waals surface area contributed by atoms with Crippen molar-refractivity contribution in [2.24, 2.45) is 5.73 Å². The van der Waals surface area contributed by atoms with Crippen LogP contribution in [0.3, 0.4) is 0 Å². The monoisotopic (exact) mass is 194 g/mol. The van der Waals surface area contributed by atoms with Crippen molar-refractivity contribution in [2.45, 2.75) is 19.9 Å². The summed E-state index contributed by atoms with van der Waals surface area (Å²) in [6, 6.07) is 6.01. The highest BCUT2D eigenvalue weighted by atomic mass is 16.3. The van der Waals surface area contributed by atoms with Crippen LogP contribution in [0.15, 0.2) is 18.2 Å². The Morgan fingerprint density at radius 1 is 1.43 bits per heavy atom. The van der Waals surface area contributed by atoms with Gasteiger partial charge in [0, 0.05) is 18.3 Å². The highest BCUT2D eigenvalue weighted by Gasteiger charge is 2.01. The van der Waals surface area contributed by atoms with Gasteiger partial charge in [-0.15, -0.1) is 0 Å². The fraction of sp³-hybridized carbons (Fsp3) is 0.455. The third-order valence-corrected chi connectivity index (χ3v) is 2.17. The van der Waals surface area contributed by atoms with E-state index in [-0.39, 0.29) is 12.6 Å². The van der Waals surface area contributed by atoms with Crippen molar-refractivity contribution in [1.82, 2.24) is 0 Å². The second-order valence-corrected chi connectivity index (χ2v) is 3.64. The Labute approximate surface area is 84.9 Å². The summed E-state index contributed by atoms with van der Waals surface area (Å²) in [5, 5.41) is 12.0. The number of aliphatic hydroxyl groups excluding tert-OH is 1. The number of aliphatic hydroxyl groups is 1. The normalized spacial score (nSPS) is 12.6. The number of rotatable bonds is 4. The van der Waals surface area contributed by atoms with Gasteiger partial charge in [0.2, 0.25) is 0 Å². The van der Waals surface area contributed by atoms with E-state index >= 15 is 0 Å². The average molecular weight is 194 g/mol. The molecule has 0 aliphatic rings. The Balaban J connectivity index is 2.59. The molecule has 1 aromatic rings. The third-order valence-electron chi connectivity index (χ3n) is 2.17. The highest BCUT2D eigenvalue weighted by Crippen LogP contribution is 2.15. The van der Waals surface area contributed by atoms with Crippen molar-refractivity contribution < 1.29 is 5.11 Å². The summed E-state index contributed by atoms with van der Waals surface area (Å²) in [5.41, 5.74) is 9.12. The van der Waals surface area contributed by atoms with E-state index in [4.69, 9.17) is 10.8 Å². The summed E-state index contributed by atoms with van der Waals surface area (Å²) in [5.74, 6) is 0. The summed E-state index contributed by atoms with van der Waals surface area (Å²) in [4.78, 5) is 0. The third kappa shape index (κ3) is 3.01. The Bertz CT molecular complexity index is 299. The summed E-state index contributed by atoms with van der Waals surface area (Å²) in [6.07, 6.45) is 0. The van der Waals surface area contributed by atoms with Gasteiger partial charge in [0.15, 0.2) is 0 Å². The number of nitrogens with one attached hydrogen (secondary N) is 1. The average Bonchev–Trinajstić information content (AvgIpc) is 2.16. The first-order valence-corrected chi connectivity index (χ1v) is 4.81. The van der Waals surface area contributed by atoms with E-state index in [1.165, 1.54) is 11.1 Å². The van der Waals surface area contributed by atoms with E-state index in [1.54, 1.807) is 0 Å². The minimum absolute atomic E-state index is 0.0118. The second kappa shape index (κ2) is 4.98. The van der Waals surface area contributed by atoms with Crippen molar-refractivity contribution in [3.8, 4) is 0 Å². The van der Waals surface area contributed by atoms with Crippen LogP contribution < -0.4 is 11.1 Å². The van der Waals surface area contributed by atoms with Crippen molar-refractivity contribution in [3.05, 3.63) is 29.3 Å². The molecule has 0 aromatic heterocycles. The number of anilines is 1. The van der Waals surface area contributed by atoms with Crippen LogP contribution in [0.4, 0.5) is 5.69 Å². The molecule has 3 heteroatoms. The standard InChI is InChI=1S/C11H18N2O/c1-8-3-4-11(9(2)5-8)13-6-10(12)7-14/h3-5,10,13-14H,6-7,12H2,1-2H3. The van der Waals surface area contributed by atoms with Gasteiger partial charge in [-0.1, -0.05) is 17.7 Å². The predicted molar refractivity (Wildman–Crippen MR) is 59.5 cm³/mol. The van der Waals surface area contributed by atoms with Crippen LogP contribution in [0.25, 0.3) is 0 Å². The molecule has 3 nitrogen and oxygen atoms in total. The predicted octanol–water partition coefficient (Wildman–Crippen LogP) is 1.03. The molecule has 0 radical (unpaired) electrons. The van der Waals surface area contributed by atoms with E-state index in [0.29, 0.717) is 6.54 Å². The van der Waals surface area contributed by atoms with Gasteiger partial charge in [0.1, 0.15) is 0 Å². The minimum atomic E-state index is -0.198. The van der Waals surface area contributed by atoms with E-state index < -0.39 is 0 Å². The fourth-order valence-electron chi connectivity index (χ4n) is 1.32. The number of aryl methyl sites for hydroxylation is 2. The molecule has 0 aliphatic heterocycles. The Morgan fingerprint density at radius 3 is 2.71 bits per heavy atom. The number of hydrogen-bond donors (Lipinski definition) is 3. The van der Waals surface area contributed by atoms with E-state index in [1.807, 2.05) is 6.07 Å². The summed E-state index contributed by atoms with van der Waals surface area (Å²) >= 11 is 0. The van der Waals surface area contributed by atoms with Crippen LogP contribution in [0.5, 0.6) is 0 Å². The fourth-order valence-corrected chi connectivity index (χ4v) is 1.32. The molecule has 78 valence electrons. The summed E-state index contributed by atoms with van der Waals surface area (Å²) in [7, 11) is 0. The molecule has 1 aromatic carbocycles. The lowest BCUT2D eigenvalue weighted by molar-refractivity contribution is 0.270. The van der Waals surface area contributed by atoms with Crippen LogP contribution >= 0.6 is 0 Å². The van der Waals surface area contributed by atoms with Gasteiger partial charge in [-0.2, -0.15) is 0 Å². The zero-order chi connectivity index (χ0) is 10.6. The van der Waals surface area contributed by atoms with Crippen molar-refractivity contribution in [1.29, 1.82) is 0 Å². The molecule has 0 heterocycles. The van der Waals surface area contributed by atoms with Crippen LogP contribution in [0, 0.1) is 13.8 Å². The zero-order valence-corrected chi connectivity index (χ0v) is 8.75. The molecule has 14 heavy (non-hydrogen) atoms. The SMILES string of the molecule is Cc1ccc(NCC(N)CO)c(C)c1. The smallest absolute Gasteiger partial charge is 0.0599 e. The lowest BCUT2D eigenvalue weighted by atomic mass is 10.1. The van der Waals surface area contributed by atoms with Crippen LogP contribution in [0.1, 0.15) is 11.1 Å². The lowest BCUT2D eigenvalue weighted by Gasteiger charge is -2.13. The first-order chi connectivity index (χ1) is 6.63. The molecular formula is C11H18N2O. The van der Waals surface area contributed by atoms with Gasteiger partial charge in [-0.05, 0) is 25.5 Å². The van der Waals surface area contributed by atoms with Crippen molar-refractivity contribution in [2.75, 3.05) is 18.5 Å². The van der Waals surface area contributed by atoms with E-state index in [9.17, 15) is 0 Å². The molecule has 1 atom stereocenters.